The van der Waals surface area contributed by atoms with Gasteiger partial charge in [0.2, 0.25) is 0 Å². The summed E-state index contributed by atoms with van der Waals surface area (Å²) in [5.41, 5.74) is 2.15. The van der Waals surface area contributed by atoms with Crippen LogP contribution in [-0.4, -0.2) is 85.5 Å². The van der Waals surface area contributed by atoms with Gasteiger partial charge in [0.05, 0.1) is 11.5 Å². The first-order chi connectivity index (χ1) is 29.0. The van der Waals surface area contributed by atoms with Gasteiger partial charge in [-0.25, -0.2) is 4.79 Å². The number of fused-ring (bicyclic) bond motifs is 7. The van der Waals surface area contributed by atoms with Crippen LogP contribution in [0.5, 0.6) is 0 Å². The Morgan fingerprint density at radius 2 is 1.53 bits per heavy atom. The first-order valence-corrected chi connectivity index (χ1v) is 24.4. The molecule has 0 spiro atoms. The summed E-state index contributed by atoms with van der Waals surface area (Å²) in [5, 5.41) is 4.42. The standard InChI is InChI=1S/C52H76ClN3O6/c1-32(2)42-37(58)29-52(54-45(60)56(27-26-55(10)11)30-51(23-24-51)33-12-14-34(53)15-13-33)25-22-49(8)35(43(42)52)16-17-39-48(7)20-19-40(47(5,6)38(48)18-21-50(39,49)9)62-44(59)36-28-41(61-31-57)46(36,3)4/h12-15,31-32,35-36,38-41H,16-30H2,1-11H3,(H,54,60)/t35-,36-,38+,39-,40+,41-,48+,49-,50-,52-/m1/s1. The highest BCUT2D eigenvalue weighted by Gasteiger charge is 2.71. The van der Waals surface area contributed by atoms with Gasteiger partial charge in [-0.2, -0.15) is 0 Å². The summed E-state index contributed by atoms with van der Waals surface area (Å²) in [4.78, 5) is 58.4. The van der Waals surface area contributed by atoms with Crippen molar-refractivity contribution < 1.29 is 28.7 Å². The molecule has 7 aliphatic rings. The second-order valence-electron chi connectivity index (χ2n) is 23.8. The van der Waals surface area contributed by atoms with E-state index < -0.39 is 11.0 Å². The molecule has 1 aromatic carbocycles. The number of likely N-dealkylation sites (N-methyl/N-ethyl adjacent to an activating group) is 1. The van der Waals surface area contributed by atoms with E-state index >= 15 is 0 Å². The van der Waals surface area contributed by atoms with Crippen LogP contribution in [0.25, 0.3) is 0 Å². The van der Waals surface area contributed by atoms with E-state index in [1.807, 2.05) is 30.9 Å². The molecule has 0 aliphatic heterocycles. The van der Waals surface area contributed by atoms with E-state index in [-0.39, 0.29) is 74.8 Å². The number of benzene rings is 1. The van der Waals surface area contributed by atoms with E-state index in [0.717, 1.165) is 81.3 Å². The van der Waals surface area contributed by atoms with Crippen molar-refractivity contribution in [2.75, 3.05) is 33.7 Å². The number of nitrogens with zero attached hydrogens (tertiary/aromatic N) is 2. The van der Waals surface area contributed by atoms with Gasteiger partial charge in [-0.15, -0.1) is 0 Å². The van der Waals surface area contributed by atoms with Gasteiger partial charge in [-0.3, -0.25) is 14.4 Å². The summed E-state index contributed by atoms with van der Waals surface area (Å²) in [5.74, 6) is 0.972. The zero-order valence-electron chi connectivity index (χ0n) is 39.8. The third-order valence-corrected chi connectivity index (χ3v) is 19.8. The highest BCUT2D eigenvalue weighted by molar-refractivity contribution is 6.30. The predicted molar refractivity (Wildman–Crippen MR) is 243 cm³/mol. The van der Waals surface area contributed by atoms with Gasteiger partial charge in [0.15, 0.2) is 5.78 Å². The topological polar surface area (TPSA) is 105 Å². The molecule has 1 aromatic rings. The zero-order valence-corrected chi connectivity index (χ0v) is 40.5. The third-order valence-electron chi connectivity index (χ3n) is 19.6. The number of amides is 2. The summed E-state index contributed by atoms with van der Waals surface area (Å²) < 4.78 is 11.8. The lowest BCUT2D eigenvalue weighted by Crippen LogP contribution is -2.68. The summed E-state index contributed by atoms with van der Waals surface area (Å²) in [6, 6.07) is 8.11. The summed E-state index contributed by atoms with van der Waals surface area (Å²) in [6.45, 7) is 23.2. The Morgan fingerprint density at radius 1 is 0.839 bits per heavy atom. The number of esters is 1. The third kappa shape index (κ3) is 7.01. The molecule has 1 N–H and O–H groups in total. The predicted octanol–water partition coefficient (Wildman–Crippen LogP) is 10.2. The molecule has 0 radical (unpaired) electrons. The Morgan fingerprint density at radius 3 is 2.15 bits per heavy atom. The number of ether oxygens (including phenoxy) is 2. The second-order valence-corrected chi connectivity index (χ2v) is 24.3. The number of nitrogens with one attached hydrogen (secondary N) is 1. The molecule has 0 heterocycles. The highest BCUT2D eigenvalue weighted by Crippen LogP contribution is 2.76. The van der Waals surface area contributed by atoms with Crippen LogP contribution in [0.4, 0.5) is 4.79 Å². The van der Waals surface area contributed by atoms with Crippen molar-refractivity contribution in [2.24, 2.45) is 56.7 Å². The van der Waals surface area contributed by atoms with Gasteiger partial charge in [0.1, 0.15) is 12.2 Å². The van der Waals surface area contributed by atoms with E-state index in [0.29, 0.717) is 44.2 Å². The number of carbonyl (C=O) groups is 4. The molecular weight excluding hydrogens is 798 g/mol. The summed E-state index contributed by atoms with van der Waals surface area (Å²) in [6.07, 6.45) is 10.4. The molecule has 9 nitrogen and oxygen atoms in total. The first kappa shape index (κ1) is 45.7. The molecular formula is C52H76ClN3O6. The maximum Gasteiger partial charge on any atom is 0.318 e. The van der Waals surface area contributed by atoms with Crippen molar-refractivity contribution in [1.82, 2.24) is 15.1 Å². The fourth-order valence-electron chi connectivity index (χ4n) is 15.5. The maximum absolute atomic E-state index is 14.9. The minimum absolute atomic E-state index is 0.0376. The van der Waals surface area contributed by atoms with Crippen LogP contribution >= 0.6 is 11.6 Å². The van der Waals surface area contributed by atoms with Gasteiger partial charge >= 0.3 is 12.0 Å². The van der Waals surface area contributed by atoms with Crippen molar-refractivity contribution >= 4 is 35.9 Å². The Labute approximate surface area is 377 Å². The second kappa shape index (κ2) is 15.6. The lowest BCUT2D eigenvalue weighted by atomic mass is 9.33. The van der Waals surface area contributed by atoms with Crippen LogP contribution in [0.2, 0.25) is 5.02 Å². The summed E-state index contributed by atoms with van der Waals surface area (Å²) >= 11 is 6.30. The van der Waals surface area contributed by atoms with Crippen molar-refractivity contribution in [3.05, 3.63) is 46.0 Å². The molecule has 0 aromatic heterocycles. The van der Waals surface area contributed by atoms with Crippen molar-refractivity contribution in [3.63, 3.8) is 0 Å². The molecule has 0 unspecified atom stereocenters. The van der Waals surface area contributed by atoms with E-state index in [1.54, 1.807) is 0 Å². The maximum atomic E-state index is 14.9. The molecule has 6 saturated carbocycles. The normalized spacial score (nSPS) is 38.5. The minimum atomic E-state index is -0.673. The largest absolute Gasteiger partial charge is 0.464 e. The molecule has 62 heavy (non-hydrogen) atoms. The number of halogens is 1. The van der Waals surface area contributed by atoms with Crippen molar-refractivity contribution in [2.45, 2.75) is 163 Å². The van der Waals surface area contributed by atoms with E-state index in [1.165, 1.54) is 11.1 Å². The van der Waals surface area contributed by atoms with Crippen LogP contribution in [0.3, 0.4) is 0 Å². The monoisotopic (exact) mass is 874 g/mol. The fraction of sp³-hybridized carbons (Fsp3) is 0.769. The van der Waals surface area contributed by atoms with Crippen molar-refractivity contribution in [3.8, 4) is 0 Å². The van der Waals surface area contributed by atoms with Crippen LogP contribution in [-0.2, 0) is 29.3 Å². The highest BCUT2D eigenvalue weighted by atomic mass is 35.5. The lowest BCUT2D eigenvalue weighted by molar-refractivity contribution is -0.236. The number of hydrogen-bond donors (Lipinski definition) is 1. The number of carbonyl (C=O) groups excluding carboxylic acids is 4. The molecule has 342 valence electrons. The van der Waals surface area contributed by atoms with Gasteiger partial charge in [-0.1, -0.05) is 86.0 Å². The molecule has 8 rings (SSSR count). The van der Waals surface area contributed by atoms with Gasteiger partial charge in [0.25, 0.3) is 6.47 Å². The first-order valence-electron chi connectivity index (χ1n) is 24.0. The van der Waals surface area contributed by atoms with E-state index in [9.17, 15) is 19.2 Å². The average molecular weight is 875 g/mol. The smallest absolute Gasteiger partial charge is 0.318 e. The number of Topliss-reactive ketones (excluding diaryl/α,β-unsaturated/α-hetero) is 1. The van der Waals surface area contributed by atoms with Crippen LogP contribution in [0, 0.1) is 56.7 Å². The Balaban J connectivity index is 1.05. The van der Waals surface area contributed by atoms with Crippen LogP contribution < -0.4 is 5.32 Å². The van der Waals surface area contributed by atoms with E-state index in [2.05, 4.69) is 84.9 Å². The fourth-order valence-corrected chi connectivity index (χ4v) is 15.6. The Kier molecular flexibility index (Phi) is 11.5. The average Bonchev–Trinajstić information content (AvgIpc) is 3.91. The zero-order chi connectivity index (χ0) is 45.0. The Hall–Kier alpha value is -2.91. The Bertz CT molecular complexity index is 1990. The van der Waals surface area contributed by atoms with Gasteiger partial charge < -0.3 is 24.6 Å². The van der Waals surface area contributed by atoms with Gasteiger partial charge in [0, 0.05) is 47.3 Å². The summed E-state index contributed by atoms with van der Waals surface area (Å²) in [7, 11) is 4.11. The SMILES string of the molecule is CC(C)C1=C2[C@H]3CC[C@@H]4[C@@]5(C)CC[C@H](OC(=O)[C@H]6C[C@@H](OC=O)C6(C)C)C(C)(C)[C@@H]5CC[C@@]4(C)[C@]3(C)CC[C@@]2(NC(=O)N(CCN(C)C)CC2(c3ccc(Cl)cc3)CC2)CC1=O. The molecule has 10 atom stereocenters. The number of allylic oxidation sites excluding steroid dienone is 1. The van der Waals surface area contributed by atoms with E-state index in [4.69, 9.17) is 21.1 Å². The number of hydrogen-bond acceptors (Lipinski definition) is 7. The number of rotatable bonds is 12. The molecule has 6 fully saturated rings. The van der Waals surface area contributed by atoms with Gasteiger partial charge in [-0.05, 0) is 153 Å². The molecule has 10 heteroatoms. The van der Waals surface area contributed by atoms with Crippen LogP contribution in [0.15, 0.2) is 35.4 Å². The lowest BCUT2D eigenvalue weighted by Gasteiger charge is -2.72. The molecule has 2 amide bonds. The molecule has 7 aliphatic carbocycles. The number of ketones is 1. The number of urea groups is 1. The quantitative estimate of drug-likeness (QED) is 0.165. The van der Waals surface area contributed by atoms with Crippen molar-refractivity contribution in [1.29, 1.82) is 0 Å². The molecule has 0 saturated heterocycles. The minimum Gasteiger partial charge on any atom is -0.464 e. The molecule has 0 bridgehead atoms. The van der Waals surface area contributed by atoms with Crippen LogP contribution in [0.1, 0.15) is 145 Å².